The van der Waals surface area contributed by atoms with Gasteiger partial charge < -0.3 is 15.7 Å². The van der Waals surface area contributed by atoms with Crippen LogP contribution in [0.5, 0.6) is 0 Å². The molecule has 6 nitrogen and oxygen atoms in total. The third-order valence-corrected chi connectivity index (χ3v) is 3.59. The molecule has 0 radical (unpaired) electrons. The van der Waals surface area contributed by atoms with E-state index in [9.17, 15) is 14.4 Å². The molecule has 130 valence electrons. The largest absolute Gasteiger partial charge is 0.481 e. The van der Waals surface area contributed by atoms with Gasteiger partial charge in [-0.3, -0.25) is 14.4 Å². The molecule has 0 heterocycles. The van der Waals surface area contributed by atoms with Crippen molar-refractivity contribution in [3.8, 4) is 0 Å². The van der Waals surface area contributed by atoms with E-state index in [1.54, 1.807) is 55.5 Å². The highest BCUT2D eigenvalue weighted by Crippen LogP contribution is 2.12. The second kappa shape index (κ2) is 8.63. The average molecular weight is 340 g/mol. The monoisotopic (exact) mass is 340 g/mol. The maximum Gasteiger partial charge on any atom is 0.307 e. The second-order valence-corrected chi connectivity index (χ2v) is 5.55. The summed E-state index contributed by atoms with van der Waals surface area (Å²) in [6.45, 7) is 2.22. The van der Waals surface area contributed by atoms with Crippen molar-refractivity contribution < 1.29 is 19.5 Å². The Labute approximate surface area is 145 Å². The summed E-state index contributed by atoms with van der Waals surface area (Å²) in [7, 11) is 0. The second-order valence-electron chi connectivity index (χ2n) is 5.55. The lowest BCUT2D eigenvalue weighted by Gasteiger charge is -2.08. The van der Waals surface area contributed by atoms with Gasteiger partial charge in [-0.05, 0) is 35.4 Å². The first kappa shape index (κ1) is 18.2. The van der Waals surface area contributed by atoms with Crippen LogP contribution in [0.15, 0.2) is 48.5 Å². The van der Waals surface area contributed by atoms with Gasteiger partial charge in [0.1, 0.15) is 0 Å². The summed E-state index contributed by atoms with van der Waals surface area (Å²) in [6.07, 6.45) is 0.385. The van der Waals surface area contributed by atoms with Gasteiger partial charge >= 0.3 is 5.97 Å². The normalized spacial score (nSPS) is 10.1. The number of carboxylic acid groups (broad SMARTS) is 1. The fourth-order valence-electron chi connectivity index (χ4n) is 2.18. The van der Waals surface area contributed by atoms with Gasteiger partial charge in [0.15, 0.2) is 0 Å². The molecule has 6 heteroatoms. The number of carbonyl (C=O) groups is 3. The van der Waals surface area contributed by atoms with E-state index in [2.05, 4.69) is 10.6 Å². The minimum atomic E-state index is -0.896. The number of benzene rings is 2. The molecule has 3 N–H and O–H groups in total. The molecule has 2 aromatic carbocycles. The fraction of sp³-hybridized carbons (Fsp3) is 0.211. The number of anilines is 1. The van der Waals surface area contributed by atoms with E-state index in [1.165, 1.54) is 0 Å². The number of amides is 2. The molecule has 25 heavy (non-hydrogen) atoms. The number of hydrogen-bond acceptors (Lipinski definition) is 3. The number of rotatable bonds is 7. The molecule has 2 rings (SSSR count). The van der Waals surface area contributed by atoms with Crippen molar-refractivity contribution in [2.24, 2.45) is 0 Å². The van der Waals surface area contributed by atoms with Crippen LogP contribution in [0.1, 0.15) is 34.8 Å². The maximum absolute atomic E-state index is 12.2. The molecule has 0 aliphatic carbocycles. The zero-order valence-corrected chi connectivity index (χ0v) is 13.9. The summed E-state index contributed by atoms with van der Waals surface area (Å²) < 4.78 is 0. The molecule has 0 aliphatic rings. The Balaban J connectivity index is 1.94. The van der Waals surface area contributed by atoms with Crippen molar-refractivity contribution >= 4 is 23.5 Å². The highest BCUT2D eigenvalue weighted by molar-refractivity contribution is 6.04. The molecule has 0 bridgehead atoms. The van der Waals surface area contributed by atoms with Crippen molar-refractivity contribution in [1.29, 1.82) is 0 Å². The first-order valence-electron chi connectivity index (χ1n) is 7.95. The Morgan fingerprint density at radius 2 is 1.52 bits per heavy atom. The Morgan fingerprint density at radius 3 is 2.08 bits per heavy atom. The average Bonchev–Trinajstić information content (AvgIpc) is 2.61. The molecule has 0 fully saturated rings. The third kappa shape index (κ3) is 5.76. The highest BCUT2D eigenvalue weighted by Gasteiger charge is 2.07. The summed E-state index contributed by atoms with van der Waals surface area (Å²) in [4.78, 5) is 34.1. The van der Waals surface area contributed by atoms with E-state index in [4.69, 9.17) is 5.11 Å². The van der Waals surface area contributed by atoms with Crippen LogP contribution in [0.4, 0.5) is 5.69 Å². The molecular formula is C19H20N2O4. The van der Waals surface area contributed by atoms with E-state index < -0.39 is 5.97 Å². The van der Waals surface area contributed by atoms with Crippen LogP contribution in [0.25, 0.3) is 0 Å². The van der Waals surface area contributed by atoms with E-state index in [0.29, 0.717) is 29.8 Å². The third-order valence-electron chi connectivity index (χ3n) is 3.59. The summed E-state index contributed by atoms with van der Waals surface area (Å²) in [5.41, 5.74) is 2.68. The predicted molar refractivity (Wildman–Crippen MR) is 94.3 cm³/mol. The van der Waals surface area contributed by atoms with Gasteiger partial charge in [-0.2, -0.15) is 0 Å². The van der Waals surface area contributed by atoms with Crippen LogP contribution in [0.3, 0.4) is 0 Å². The van der Waals surface area contributed by atoms with E-state index in [1.807, 2.05) is 0 Å². The lowest BCUT2D eigenvalue weighted by molar-refractivity contribution is -0.136. The zero-order valence-electron chi connectivity index (χ0n) is 13.9. The first-order chi connectivity index (χ1) is 12.0. The van der Waals surface area contributed by atoms with Crippen molar-refractivity contribution in [2.45, 2.75) is 26.3 Å². The van der Waals surface area contributed by atoms with Gasteiger partial charge in [0, 0.05) is 24.2 Å². The zero-order chi connectivity index (χ0) is 18.2. The van der Waals surface area contributed by atoms with Crippen LogP contribution in [-0.4, -0.2) is 22.9 Å². The molecule has 0 saturated carbocycles. The number of hydrogen-bond donors (Lipinski definition) is 3. The molecule has 0 unspecified atom stereocenters. The molecule has 2 aromatic rings. The van der Waals surface area contributed by atoms with E-state index >= 15 is 0 Å². The molecule has 0 aliphatic heterocycles. The summed E-state index contributed by atoms with van der Waals surface area (Å²) in [6, 6.07) is 13.7. The molecule has 0 saturated heterocycles. The Kier molecular flexibility index (Phi) is 6.28. The summed E-state index contributed by atoms with van der Waals surface area (Å²) >= 11 is 0. The van der Waals surface area contributed by atoms with Gasteiger partial charge in [-0.25, -0.2) is 0 Å². The van der Waals surface area contributed by atoms with Gasteiger partial charge in [0.05, 0.1) is 6.42 Å². The quantitative estimate of drug-likeness (QED) is 0.722. The maximum atomic E-state index is 12.2. The lowest BCUT2D eigenvalue weighted by Crippen LogP contribution is -2.21. The van der Waals surface area contributed by atoms with Gasteiger partial charge in [-0.1, -0.05) is 31.2 Å². The number of nitrogens with one attached hydrogen (secondary N) is 2. The van der Waals surface area contributed by atoms with Gasteiger partial charge in [-0.15, -0.1) is 0 Å². The Morgan fingerprint density at radius 1 is 0.920 bits per heavy atom. The Hall–Kier alpha value is -3.15. The summed E-state index contributed by atoms with van der Waals surface area (Å²) in [5, 5.41) is 14.3. The van der Waals surface area contributed by atoms with Crippen molar-refractivity contribution in [2.75, 3.05) is 5.32 Å². The fourth-order valence-corrected chi connectivity index (χ4v) is 2.18. The lowest BCUT2D eigenvalue weighted by atomic mass is 10.1. The van der Waals surface area contributed by atoms with Crippen LogP contribution in [0, 0.1) is 0 Å². The van der Waals surface area contributed by atoms with Gasteiger partial charge in [0.25, 0.3) is 5.91 Å². The van der Waals surface area contributed by atoms with Crippen LogP contribution in [0.2, 0.25) is 0 Å². The SMILES string of the molecule is CCC(=O)NCc1ccc(C(=O)Nc2ccc(CC(=O)O)cc2)cc1. The predicted octanol–water partition coefficient (Wildman–Crippen LogP) is 2.59. The minimum Gasteiger partial charge on any atom is -0.481 e. The minimum absolute atomic E-state index is 0.0202. The summed E-state index contributed by atoms with van der Waals surface area (Å²) in [5.74, 6) is -1.17. The van der Waals surface area contributed by atoms with Crippen LogP contribution in [-0.2, 0) is 22.6 Å². The number of carbonyl (C=O) groups excluding carboxylic acids is 2. The van der Waals surface area contributed by atoms with Gasteiger partial charge in [0.2, 0.25) is 5.91 Å². The molecular weight excluding hydrogens is 320 g/mol. The standard InChI is InChI=1S/C19H20N2O4/c1-2-17(22)20-12-14-3-7-15(8-4-14)19(25)21-16-9-5-13(6-10-16)11-18(23)24/h3-10H,2,11-12H2,1H3,(H,20,22)(H,21,25)(H,23,24). The Bertz CT molecular complexity index is 752. The van der Waals surface area contributed by atoms with Crippen molar-refractivity contribution in [3.05, 3.63) is 65.2 Å². The van der Waals surface area contributed by atoms with Crippen LogP contribution < -0.4 is 10.6 Å². The van der Waals surface area contributed by atoms with E-state index in [-0.39, 0.29) is 18.2 Å². The van der Waals surface area contributed by atoms with Crippen molar-refractivity contribution in [3.63, 3.8) is 0 Å². The number of carboxylic acids is 1. The van der Waals surface area contributed by atoms with Crippen LogP contribution >= 0.6 is 0 Å². The van der Waals surface area contributed by atoms with Crippen molar-refractivity contribution in [1.82, 2.24) is 5.32 Å². The molecule has 0 aromatic heterocycles. The molecule has 2 amide bonds. The first-order valence-corrected chi connectivity index (χ1v) is 7.95. The molecule has 0 spiro atoms. The smallest absolute Gasteiger partial charge is 0.307 e. The van der Waals surface area contributed by atoms with E-state index in [0.717, 1.165) is 5.56 Å². The molecule has 0 atom stereocenters. The topological polar surface area (TPSA) is 95.5 Å². The number of aliphatic carboxylic acids is 1. The highest BCUT2D eigenvalue weighted by atomic mass is 16.4.